The maximum absolute atomic E-state index is 11.7. The first kappa shape index (κ1) is 12.8. The highest BCUT2D eigenvalue weighted by atomic mass is 16.4. The van der Waals surface area contributed by atoms with Gasteiger partial charge in [-0.25, -0.2) is 0 Å². The molecule has 16 heavy (non-hydrogen) atoms. The molecule has 0 saturated heterocycles. The molecule has 1 aromatic rings. The molecule has 4 heteroatoms. The fourth-order valence-corrected chi connectivity index (χ4v) is 1.67. The predicted octanol–water partition coefficient (Wildman–Crippen LogP) is 1.90. The van der Waals surface area contributed by atoms with Crippen molar-refractivity contribution in [2.24, 2.45) is 11.7 Å². The van der Waals surface area contributed by atoms with Crippen molar-refractivity contribution in [2.45, 2.75) is 39.8 Å². The first-order chi connectivity index (χ1) is 7.52. The van der Waals surface area contributed by atoms with Gasteiger partial charge in [-0.2, -0.15) is 0 Å². The number of carbonyl (C=O) groups excluding carboxylic acids is 1. The molecule has 0 aliphatic heterocycles. The third kappa shape index (κ3) is 3.70. The van der Waals surface area contributed by atoms with Gasteiger partial charge in [0, 0.05) is 6.04 Å². The van der Waals surface area contributed by atoms with Crippen LogP contribution < -0.4 is 11.1 Å². The van der Waals surface area contributed by atoms with Gasteiger partial charge >= 0.3 is 0 Å². The van der Waals surface area contributed by atoms with Crippen LogP contribution in [0.25, 0.3) is 0 Å². The Kier molecular flexibility index (Phi) is 4.55. The Morgan fingerprint density at radius 1 is 1.44 bits per heavy atom. The van der Waals surface area contributed by atoms with Crippen LogP contribution in [0.4, 0.5) is 0 Å². The Hall–Kier alpha value is -1.29. The first-order valence-electron chi connectivity index (χ1n) is 5.62. The smallest absolute Gasteiger partial charge is 0.287 e. The van der Waals surface area contributed by atoms with E-state index in [1.54, 1.807) is 12.1 Å². The van der Waals surface area contributed by atoms with Gasteiger partial charge in [0.2, 0.25) is 0 Å². The van der Waals surface area contributed by atoms with E-state index in [1.165, 1.54) is 0 Å². The van der Waals surface area contributed by atoms with E-state index in [-0.39, 0.29) is 11.9 Å². The molecule has 0 aliphatic rings. The van der Waals surface area contributed by atoms with Crippen LogP contribution in [0.1, 0.15) is 43.5 Å². The van der Waals surface area contributed by atoms with Crippen LogP contribution in [-0.4, -0.2) is 11.9 Å². The number of nitrogens with one attached hydrogen (secondary N) is 1. The summed E-state index contributed by atoms with van der Waals surface area (Å²) in [6.07, 6.45) is 0.955. The lowest BCUT2D eigenvalue weighted by Crippen LogP contribution is -2.33. The molecule has 1 rings (SSSR count). The Bertz CT molecular complexity index is 345. The number of hydrogen-bond donors (Lipinski definition) is 2. The highest BCUT2D eigenvalue weighted by Gasteiger charge is 2.14. The van der Waals surface area contributed by atoms with Crippen molar-refractivity contribution >= 4 is 5.91 Å². The summed E-state index contributed by atoms with van der Waals surface area (Å²) in [6.45, 7) is 6.56. The summed E-state index contributed by atoms with van der Waals surface area (Å²) in [4.78, 5) is 11.7. The van der Waals surface area contributed by atoms with Gasteiger partial charge < -0.3 is 15.5 Å². The number of rotatable bonds is 5. The second kappa shape index (κ2) is 5.70. The van der Waals surface area contributed by atoms with Crippen LogP contribution in [-0.2, 0) is 6.54 Å². The van der Waals surface area contributed by atoms with Crippen molar-refractivity contribution in [3.8, 4) is 0 Å². The lowest BCUT2D eigenvalue weighted by Gasteiger charge is -2.14. The Labute approximate surface area is 96.2 Å². The lowest BCUT2D eigenvalue weighted by molar-refractivity contribution is 0.0906. The summed E-state index contributed by atoms with van der Waals surface area (Å²) in [6, 6.07) is 3.53. The second-order valence-electron chi connectivity index (χ2n) is 4.47. The maximum Gasteiger partial charge on any atom is 0.287 e. The summed E-state index contributed by atoms with van der Waals surface area (Å²) in [5.41, 5.74) is 5.40. The quantitative estimate of drug-likeness (QED) is 0.802. The summed E-state index contributed by atoms with van der Waals surface area (Å²) in [7, 11) is 0. The zero-order chi connectivity index (χ0) is 12.1. The van der Waals surface area contributed by atoms with Gasteiger partial charge in [0.15, 0.2) is 5.76 Å². The largest absolute Gasteiger partial charge is 0.455 e. The van der Waals surface area contributed by atoms with Gasteiger partial charge in [0.05, 0.1) is 6.54 Å². The molecule has 90 valence electrons. The minimum Gasteiger partial charge on any atom is -0.455 e. The van der Waals surface area contributed by atoms with Gasteiger partial charge in [0.25, 0.3) is 5.91 Å². The van der Waals surface area contributed by atoms with E-state index in [0.717, 1.165) is 6.42 Å². The molecule has 0 aliphatic carbocycles. The van der Waals surface area contributed by atoms with E-state index < -0.39 is 0 Å². The molecule has 0 saturated carbocycles. The molecule has 1 amide bonds. The lowest BCUT2D eigenvalue weighted by atomic mass is 10.1. The zero-order valence-electron chi connectivity index (χ0n) is 10.1. The molecule has 0 radical (unpaired) electrons. The third-order valence-electron chi connectivity index (χ3n) is 2.29. The Morgan fingerprint density at radius 3 is 2.62 bits per heavy atom. The van der Waals surface area contributed by atoms with E-state index in [1.807, 2.05) is 6.92 Å². The van der Waals surface area contributed by atoms with Crippen LogP contribution in [0.2, 0.25) is 0 Å². The maximum atomic E-state index is 11.7. The topological polar surface area (TPSA) is 68.3 Å². The molecule has 0 bridgehead atoms. The minimum absolute atomic E-state index is 0.152. The van der Waals surface area contributed by atoms with Gasteiger partial charge in [-0.15, -0.1) is 0 Å². The fraction of sp³-hybridized carbons (Fsp3) is 0.583. The van der Waals surface area contributed by atoms with E-state index in [0.29, 0.717) is 24.0 Å². The third-order valence-corrected chi connectivity index (χ3v) is 2.29. The number of hydrogen-bond acceptors (Lipinski definition) is 3. The van der Waals surface area contributed by atoms with Crippen LogP contribution in [0.3, 0.4) is 0 Å². The Balaban J connectivity index is 2.51. The number of carbonyl (C=O) groups is 1. The molecule has 1 unspecified atom stereocenters. The standard InChI is InChI=1S/C12H20N2O2/c1-8(2)6-9(3)14-12(15)11-5-4-10(7-13)16-11/h4-5,8-9H,6-7,13H2,1-3H3,(H,14,15). The normalized spacial score (nSPS) is 12.8. The van der Waals surface area contributed by atoms with E-state index in [9.17, 15) is 4.79 Å². The van der Waals surface area contributed by atoms with Crippen molar-refractivity contribution in [3.63, 3.8) is 0 Å². The summed E-state index contributed by atoms with van der Waals surface area (Å²) < 4.78 is 5.26. The van der Waals surface area contributed by atoms with Crippen molar-refractivity contribution in [1.29, 1.82) is 0 Å². The van der Waals surface area contributed by atoms with Crippen molar-refractivity contribution in [2.75, 3.05) is 0 Å². The molecule has 3 N–H and O–H groups in total. The highest BCUT2D eigenvalue weighted by Crippen LogP contribution is 2.09. The SMILES string of the molecule is CC(C)CC(C)NC(=O)c1ccc(CN)o1. The molecule has 0 aromatic carbocycles. The zero-order valence-corrected chi connectivity index (χ0v) is 10.1. The molecule has 1 aromatic heterocycles. The highest BCUT2D eigenvalue weighted by molar-refractivity contribution is 5.91. The van der Waals surface area contributed by atoms with E-state index >= 15 is 0 Å². The van der Waals surface area contributed by atoms with Crippen LogP contribution in [0, 0.1) is 5.92 Å². The van der Waals surface area contributed by atoms with Gasteiger partial charge in [-0.05, 0) is 31.4 Å². The molecule has 1 heterocycles. The molecular formula is C12H20N2O2. The van der Waals surface area contributed by atoms with Gasteiger partial charge in [-0.1, -0.05) is 13.8 Å². The second-order valence-corrected chi connectivity index (χ2v) is 4.47. The predicted molar refractivity (Wildman–Crippen MR) is 63.0 cm³/mol. The molecule has 1 atom stereocenters. The van der Waals surface area contributed by atoms with Gasteiger partial charge in [-0.3, -0.25) is 4.79 Å². The van der Waals surface area contributed by atoms with E-state index in [2.05, 4.69) is 19.2 Å². The minimum atomic E-state index is -0.173. The molecular weight excluding hydrogens is 204 g/mol. The van der Waals surface area contributed by atoms with Gasteiger partial charge in [0.1, 0.15) is 5.76 Å². The van der Waals surface area contributed by atoms with Crippen molar-refractivity contribution < 1.29 is 9.21 Å². The summed E-state index contributed by atoms with van der Waals surface area (Å²) in [5, 5.41) is 2.89. The summed E-state index contributed by atoms with van der Waals surface area (Å²) in [5.74, 6) is 1.34. The molecule has 0 spiro atoms. The number of amides is 1. The monoisotopic (exact) mass is 224 g/mol. The van der Waals surface area contributed by atoms with E-state index in [4.69, 9.17) is 10.2 Å². The first-order valence-corrected chi connectivity index (χ1v) is 5.62. The van der Waals surface area contributed by atoms with Crippen molar-refractivity contribution in [1.82, 2.24) is 5.32 Å². The number of nitrogens with two attached hydrogens (primary N) is 1. The van der Waals surface area contributed by atoms with Crippen LogP contribution in [0.15, 0.2) is 16.5 Å². The fourth-order valence-electron chi connectivity index (χ4n) is 1.67. The molecule has 0 fully saturated rings. The average molecular weight is 224 g/mol. The van der Waals surface area contributed by atoms with Crippen LogP contribution in [0.5, 0.6) is 0 Å². The number of furan rings is 1. The molecule has 4 nitrogen and oxygen atoms in total. The van der Waals surface area contributed by atoms with Crippen molar-refractivity contribution in [3.05, 3.63) is 23.7 Å². The summed E-state index contributed by atoms with van der Waals surface area (Å²) >= 11 is 0. The Morgan fingerprint density at radius 2 is 2.12 bits per heavy atom. The van der Waals surface area contributed by atoms with Crippen LogP contribution >= 0.6 is 0 Å². The average Bonchev–Trinajstić information content (AvgIpc) is 2.64.